The van der Waals surface area contributed by atoms with Gasteiger partial charge in [-0.2, -0.15) is 0 Å². The van der Waals surface area contributed by atoms with E-state index in [1.165, 1.54) is 11.0 Å². The van der Waals surface area contributed by atoms with E-state index < -0.39 is 22.5 Å². The second-order valence-electron chi connectivity index (χ2n) is 3.79. The van der Waals surface area contributed by atoms with Crippen LogP contribution in [0.15, 0.2) is 18.2 Å². The highest BCUT2D eigenvalue weighted by molar-refractivity contribution is 5.96. The number of nitro benzene ring substituents is 1. The number of aromatic hydroxyl groups is 1. The third-order valence-electron chi connectivity index (χ3n) is 2.57. The third kappa shape index (κ3) is 2.04. The van der Waals surface area contributed by atoms with E-state index in [0.29, 0.717) is 5.69 Å². The number of carbonyl (C=O) groups excluding carboxylic acids is 1. The van der Waals surface area contributed by atoms with Gasteiger partial charge >= 0.3 is 5.69 Å². The van der Waals surface area contributed by atoms with Crippen molar-refractivity contribution in [2.75, 3.05) is 11.4 Å². The van der Waals surface area contributed by atoms with Gasteiger partial charge in [-0.15, -0.1) is 0 Å². The number of amides is 1. The fourth-order valence-electron chi connectivity index (χ4n) is 1.76. The van der Waals surface area contributed by atoms with Crippen molar-refractivity contribution in [2.24, 2.45) is 0 Å². The zero-order valence-corrected chi connectivity index (χ0v) is 8.74. The van der Waals surface area contributed by atoms with Crippen molar-refractivity contribution >= 4 is 17.3 Å². The SMILES string of the molecule is O=C1CC(O)CN1c1ccc(O)c([N+](=O)[O-])c1. The topological polar surface area (TPSA) is 104 Å². The summed E-state index contributed by atoms with van der Waals surface area (Å²) in [6.45, 7) is 0.112. The smallest absolute Gasteiger partial charge is 0.312 e. The first-order chi connectivity index (χ1) is 7.99. The van der Waals surface area contributed by atoms with E-state index in [2.05, 4.69) is 0 Å². The Morgan fingerprint density at radius 3 is 2.71 bits per heavy atom. The predicted molar refractivity (Wildman–Crippen MR) is 57.7 cm³/mol. The van der Waals surface area contributed by atoms with E-state index in [9.17, 15) is 25.1 Å². The first kappa shape index (κ1) is 11.3. The highest BCUT2D eigenvalue weighted by atomic mass is 16.6. The molecule has 1 unspecified atom stereocenters. The molecule has 2 N–H and O–H groups in total. The Morgan fingerprint density at radius 2 is 2.18 bits per heavy atom. The van der Waals surface area contributed by atoms with Gasteiger partial charge in [0.05, 0.1) is 29.7 Å². The normalized spacial score (nSPS) is 19.7. The van der Waals surface area contributed by atoms with Crippen LogP contribution in [0, 0.1) is 10.1 Å². The quantitative estimate of drug-likeness (QED) is 0.573. The number of phenols is 1. The minimum Gasteiger partial charge on any atom is -0.502 e. The molecule has 0 radical (unpaired) electrons. The molecule has 0 aromatic heterocycles. The number of β-amino-alcohol motifs (C(OH)–C–C–N with tert-alkyl or cyclic N) is 1. The first-order valence-electron chi connectivity index (χ1n) is 4.95. The molecule has 1 atom stereocenters. The molecule has 0 spiro atoms. The number of carbonyl (C=O) groups is 1. The van der Waals surface area contributed by atoms with Crippen molar-refractivity contribution in [1.82, 2.24) is 0 Å². The molecule has 0 saturated carbocycles. The summed E-state index contributed by atoms with van der Waals surface area (Å²) in [6.07, 6.45) is -0.746. The van der Waals surface area contributed by atoms with Gasteiger partial charge in [-0.3, -0.25) is 14.9 Å². The molecule has 90 valence electrons. The minimum absolute atomic E-state index is 0.00861. The number of rotatable bonds is 2. The zero-order chi connectivity index (χ0) is 12.6. The Morgan fingerprint density at radius 1 is 1.47 bits per heavy atom. The van der Waals surface area contributed by atoms with Gasteiger partial charge in [0.15, 0.2) is 5.75 Å². The van der Waals surface area contributed by atoms with Crippen LogP contribution in [-0.4, -0.2) is 33.7 Å². The van der Waals surface area contributed by atoms with Gasteiger partial charge in [0, 0.05) is 6.07 Å². The number of anilines is 1. The molecule has 7 nitrogen and oxygen atoms in total. The molecule has 1 aliphatic heterocycles. The fourth-order valence-corrected chi connectivity index (χ4v) is 1.76. The first-order valence-corrected chi connectivity index (χ1v) is 4.95. The van der Waals surface area contributed by atoms with Gasteiger partial charge in [0.2, 0.25) is 5.91 Å². The number of aliphatic hydroxyl groups excluding tert-OH is 1. The van der Waals surface area contributed by atoms with Crippen LogP contribution >= 0.6 is 0 Å². The van der Waals surface area contributed by atoms with Crippen molar-refractivity contribution in [3.05, 3.63) is 28.3 Å². The Hall–Kier alpha value is -2.15. The van der Waals surface area contributed by atoms with E-state index in [-0.39, 0.29) is 18.9 Å². The molecule has 1 fully saturated rings. The maximum absolute atomic E-state index is 11.5. The third-order valence-corrected chi connectivity index (χ3v) is 2.57. The lowest BCUT2D eigenvalue weighted by Gasteiger charge is -2.15. The molecule has 1 saturated heterocycles. The molecule has 1 aromatic rings. The Labute approximate surface area is 96.0 Å². The van der Waals surface area contributed by atoms with E-state index in [1.807, 2.05) is 0 Å². The Kier molecular flexibility index (Phi) is 2.68. The average molecular weight is 238 g/mol. The van der Waals surface area contributed by atoms with E-state index in [0.717, 1.165) is 12.1 Å². The van der Waals surface area contributed by atoms with Crippen LogP contribution in [0.1, 0.15) is 6.42 Å². The largest absolute Gasteiger partial charge is 0.502 e. The van der Waals surface area contributed by atoms with E-state index in [4.69, 9.17) is 0 Å². The highest BCUT2D eigenvalue weighted by Gasteiger charge is 2.30. The van der Waals surface area contributed by atoms with Crippen LogP contribution in [0.3, 0.4) is 0 Å². The van der Waals surface area contributed by atoms with Crippen molar-refractivity contribution < 1.29 is 19.9 Å². The summed E-state index contributed by atoms with van der Waals surface area (Å²) in [7, 11) is 0. The van der Waals surface area contributed by atoms with E-state index in [1.54, 1.807) is 0 Å². The van der Waals surface area contributed by atoms with Gasteiger partial charge in [-0.05, 0) is 12.1 Å². The highest BCUT2D eigenvalue weighted by Crippen LogP contribution is 2.32. The second-order valence-corrected chi connectivity index (χ2v) is 3.79. The molecule has 17 heavy (non-hydrogen) atoms. The van der Waals surface area contributed by atoms with Gasteiger partial charge in [0.25, 0.3) is 0 Å². The molecule has 1 aromatic carbocycles. The predicted octanol–water partition coefficient (Wildman–Crippen LogP) is 0.398. The maximum atomic E-state index is 11.5. The number of hydrogen-bond donors (Lipinski definition) is 2. The lowest BCUT2D eigenvalue weighted by Crippen LogP contribution is -2.25. The van der Waals surface area contributed by atoms with Gasteiger partial charge in [-0.25, -0.2) is 0 Å². The molecule has 0 bridgehead atoms. The summed E-state index contributed by atoms with van der Waals surface area (Å²) < 4.78 is 0. The van der Waals surface area contributed by atoms with Crippen LogP contribution in [0.5, 0.6) is 5.75 Å². The fraction of sp³-hybridized carbons (Fsp3) is 0.300. The maximum Gasteiger partial charge on any atom is 0.312 e. The molecular formula is C10H10N2O5. The standard InChI is InChI=1S/C10H10N2O5/c13-7-4-10(15)11(5-7)6-1-2-9(14)8(3-6)12(16)17/h1-3,7,13-14H,4-5H2. The van der Waals surface area contributed by atoms with Gasteiger partial charge < -0.3 is 15.1 Å². The molecule has 1 amide bonds. The van der Waals surface area contributed by atoms with Crippen LogP contribution in [0.4, 0.5) is 11.4 Å². The van der Waals surface area contributed by atoms with Gasteiger partial charge in [-0.1, -0.05) is 0 Å². The lowest BCUT2D eigenvalue weighted by molar-refractivity contribution is -0.385. The summed E-state index contributed by atoms with van der Waals surface area (Å²) in [5.74, 6) is -0.747. The number of phenolic OH excluding ortho intramolecular Hbond substituents is 1. The second kappa shape index (κ2) is 4.02. The van der Waals surface area contributed by atoms with Crippen molar-refractivity contribution in [3.63, 3.8) is 0 Å². The lowest BCUT2D eigenvalue weighted by atomic mass is 10.2. The van der Waals surface area contributed by atoms with Crippen LogP contribution < -0.4 is 4.90 Å². The van der Waals surface area contributed by atoms with Crippen LogP contribution in [0.25, 0.3) is 0 Å². The van der Waals surface area contributed by atoms with Crippen molar-refractivity contribution in [2.45, 2.75) is 12.5 Å². The number of benzene rings is 1. The van der Waals surface area contributed by atoms with E-state index >= 15 is 0 Å². The number of nitrogens with zero attached hydrogens (tertiary/aromatic N) is 2. The molecule has 0 aliphatic carbocycles. The Balaban J connectivity index is 2.37. The molecule has 2 rings (SSSR count). The number of hydrogen-bond acceptors (Lipinski definition) is 5. The zero-order valence-electron chi connectivity index (χ0n) is 8.74. The summed E-state index contributed by atoms with van der Waals surface area (Å²) in [4.78, 5) is 22.6. The summed E-state index contributed by atoms with van der Waals surface area (Å²) >= 11 is 0. The molecule has 1 heterocycles. The number of aliphatic hydroxyl groups is 1. The summed E-state index contributed by atoms with van der Waals surface area (Å²) in [5.41, 5.74) is -0.160. The average Bonchev–Trinajstić information content (AvgIpc) is 2.58. The summed E-state index contributed by atoms with van der Waals surface area (Å²) in [6, 6.07) is 3.68. The molecule has 1 aliphatic rings. The van der Waals surface area contributed by atoms with Crippen LogP contribution in [-0.2, 0) is 4.79 Å². The summed E-state index contributed by atoms with van der Waals surface area (Å²) in [5, 5.41) is 29.2. The Bertz CT molecular complexity index is 488. The number of nitro groups is 1. The van der Waals surface area contributed by atoms with Crippen molar-refractivity contribution in [1.29, 1.82) is 0 Å². The molecule has 7 heteroatoms. The minimum atomic E-state index is -0.754. The molecular weight excluding hydrogens is 228 g/mol. The van der Waals surface area contributed by atoms with Crippen LogP contribution in [0.2, 0.25) is 0 Å². The van der Waals surface area contributed by atoms with Gasteiger partial charge in [0.1, 0.15) is 0 Å². The van der Waals surface area contributed by atoms with Crippen molar-refractivity contribution in [3.8, 4) is 5.75 Å². The monoisotopic (exact) mass is 238 g/mol.